The van der Waals surface area contributed by atoms with E-state index in [1.54, 1.807) is 0 Å². The van der Waals surface area contributed by atoms with Crippen LogP contribution in [0, 0.1) is 5.92 Å². The van der Waals surface area contributed by atoms with Crippen molar-refractivity contribution in [1.29, 1.82) is 0 Å². The third kappa shape index (κ3) is 3.20. The highest BCUT2D eigenvalue weighted by Gasteiger charge is 2.28. The maximum absolute atomic E-state index is 5.57. The van der Waals surface area contributed by atoms with Crippen LogP contribution in [0.1, 0.15) is 6.92 Å². The number of nitrogens with one attached hydrogen (secondary N) is 1. The molecular formula is C14H22N2O. The Hall–Kier alpha value is -1.06. The van der Waals surface area contributed by atoms with Crippen LogP contribution in [0.2, 0.25) is 0 Å². The first-order valence-electron chi connectivity index (χ1n) is 6.38. The van der Waals surface area contributed by atoms with E-state index in [9.17, 15) is 0 Å². The van der Waals surface area contributed by atoms with Crippen LogP contribution in [-0.4, -0.2) is 39.4 Å². The molecule has 94 valence electrons. The van der Waals surface area contributed by atoms with E-state index in [1.807, 2.05) is 0 Å². The van der Waals surface area contributed by atoms with Crippen LogP contribution in [0.25, 0.3) is 0 Å². The zero-order chi connectivity index (χ0) is 12.1. The fourth-order valence-corrected chi connectivity index (χ4v) is 2.41. The standard InChI is InChI=1S/C14H22N2O/c1-3-15-14-11-17-10-12(14)9-16(2)13-7-5-4-6-8-13/h4-8,12,14-15H,3,9-11H2,1-2H3. The first kappa shape index (κ1) is 12.4. The molecule has 0 bridgehead atoms. The molecule has 0 radical (unpaired) electrons. The van der Waals surface area contributed by atoms with Crippen LogP contribution < -0.4 is 10.2 Å². The molecular weight excluding hydrogens is 212 g/mol. The fraction of sp³-hybridized carbons (Fsp3) is 0.571. The van der Waals surface area contributed by atoms with E-state index in [-0.39, 0.29) is 0 Å². The molecule has 1 aliphatic heterocycles. The van der Waals surface area contributed by atoms with Crippen molar-refractivity contribution in [2.45, 2.75) is 13.0 Å². The minimum absolute atomic E-state index is 0.506. The van der Waals surface area contributed by atoms with Gasteiger partial charge in [-0.05, 0) is 18.7 Å². The summed E-state index contributed by atoms with van der Waals surface area (Å²) in [6, 6.07) is 11.0. The van der Waals surface area contributed by atoms with Crippen LogP contribution in [-0.2, 0) is 4.74 Å². The number of hydrogen-bond donors (Lipinski definition) is 1. The summed E-state index contributed by atoms with van der Waals surface area (Å²) in [4.78, 5) is 2.31. The molecule has 1 saturated heterocycles. The van der Waals surface area contributed by atoms with E-state index in [0.29, 0.717) is 12.0 Å². The Kier molecular flexibility index (Phi) is 4.40. The molecule has 1 aliphatic rings. The van der Waals surface area contributed by atoms with Gasteiger partial charge in [0.1, 0.15) is 0 Å². The Bertz CT molecular complexity index is 328. The molecule has 0 aliphatic carbocycles. The Balaban J connectivity index is 1.92. The zero-order valence-electron chi connectivity index (χ0n) is 10.7. The molecule has 0 aromatic heterocycles. The third-order valence-electron chi connectivity index (χ3n) is 3.37. The Morgan fingerprint density at radius 1 is 1.29 bits per heavy atom. The van der Waals surface area contributed by atoms with Crippen molar-refractivity contribution in [2.24, 2.45) is 5.92 Å². The lowest BCUT2D eigenvalue weighted by atomic mass is 10.0. The van der Waals surface area contributed by atoms with Crippen molar-refractivity contribution in [3.63, 3.8) is 0 Å². The van der Waals surface area contributed by atoms with Gasteiger partial charge in [0.25, 0.3) is 0 Å². The number of rotatable bonds is 5. The summed E-state index contributed by atoms with van der Waals surface area (Å²) in [6.07, 6.45) is 0. The molecule has 3 nitrogen and oxygen atoms in total. The largest absolute Gasteiger partial charge is 0.379 e. The molecule has 1 aromatic rings. The number of benzene rings is 1. The molecule has 3 heteroatoms. The topological polar surface area (TPSA) is 24.5 Å². The summed E-state index contributed by atoms with van der Waals surface area (Å²) in [6.45, 7) is 5.92. The van der Waals surface area contributed by atoms with Gasteiger partial charge in [-0.15, -0.1) is 0 Å². The summed E-state index contributed by atoms with van der Waals surface area (Å²) >= 11 is 0. The minimum Gasteiger partial charge on any atom is -0.379 e. The van der Waals surface area contributed by atoms with Crippen molar-refractivity contribution in [1.82, 2.24) is 5.32 Å². The highest BCUT2D eigenvalue weighted by Crippen LogP contribution is 2.18. The van der Waals surface area contributed by atoms with Crippen molar-refractivity contribution in [3.8, 4) is 0 Å². The second kappa shape index (κ2) is 6.03. The van der Waals surface area contributed by atoms with E-state index in [4.69, 9.17) is 4.74 Å². The van der Waals surface area contributed by atoms with Gasteiger partial charge in [0.15, 0.2) is 0 Å². The van der Waals surface area contributed by atoms with Crippen LogP contribution in [0.15, 0.2) is 30.3 Å². The molecule has 2 unspecified atom stereocenters. The zero-order valence-corrected chi connectivity index (χ0v) is 10.7. The van der Waals surface area contributed by atoms with Gasteiger partial charge < -0.3 is 15.0 Å². The molecule has 1 fully saturated rings. The van der Waals surface area contributed by atoms with Crippen molar-refractivity contribution in [3.05, 3.63) is 30.3 Å². The van der Waals surface area contributed by atoms with Gasteiger partial charge >= 0.3 is 0 Å². The van der Waals surface area contributed by atoms with E-state index in [2.05, 4.69) is 54.5 Å². The number of nitrogens with zero attached hydrogens (tertiary/aromatic N) is 1. The Morgan fingerprint density at radius 2 is 2.06 bits per heavy atom. The summed E-state index contributed by atoms with van der Waals surface area (Å²) in [5.41, 5.74) is 1.27. The fourth-order valence-electron chi connectivity index (χ4n) is 2.41. The molecule has 17 heavy (non-hydrogen) atoms. The Morgan fingerprint density at radius 3 is 2.76 bits per heavy atom. The maximum Gasteiger partial charge on any atom is 0.0624 e. The predicted octanol–water partition coefficient (Wildman–Crippen LogP) is 1.75. The van der Waals surface area contributed by atoms with E-state index < -0.39 is 0 Å². The summed E-state index contributed by atoms with van der Waals surface area (Å²) in [5, 5.41) is 3.50. The van der Waals surface area contributed by atoms with E-state index in [0.717, 1.165) is 26.3 Å². The number of hydrogen-bond acceptors (Lipinski definition) is 3. The molecule has 2 rings (SSSR count). The van der Waals surface area contributed by atoms with Crippen molar-refractivity contribution in [2.75, 3.05) is 38.3 Å². The summed E-state index contributed by atoms with van der Waals surface area (Å²) in [5.74, 6) is 0.583. The maximum atomic E-state index is 5.57. The number of anilines is 1. The molecule has 1 aromatic carbocycles. The second-order valence-electron chi connectivity index (χ2n) is 4.68. The second-order valence-corrected chi connectivity index (χ2v) is 4.68. The van der Waals surface area contributed by atoms with Crippen molar-refractivity contribution < 1.29 is 4.74 Å². The molecule has 1 heterocycles. The Labute approximate surface area is 104 Å². The van der Waals surface area contributed by atoms with Gasteiger partial charge in [0.05, 0.1) is 13.2 Å². The highest BCUT2D eigenvalue weighted by molar-refractivity contribution is 5.45. The summed E-state index contributed by atoms with van der Waals surface area (Å²) in [7, 11) is 2.15. The minimum atomic E-state index is 0.506. The number of ether oxygens (including phenoxy) is 1. The first-order chi connectivity index (χ1) is 8.31. The van der Waals surface area contributed by atoms with Crippen LogP contribution in [0.5, 0.6) is 0 Å². The quantitative estimate of drug-likeness (QED) is 0.840. The van der Waals surface area contributed by atoms with Gasteiger partial charge in [-0.1, -0.05) is 25.1 Å². The molecule has 0 saturated carbocycles. The lowest BCUT2D eigenvalue weighted by Crippen LogP contribution is -2.40. The number of para-hydroxylation sites is 1. The molecule has 2 atom stereocenters. The smallest absolute Gasteiger partial charge is 0.0624 e. The van der Waals surface area contributed by atoms with Crippen LogP contribution in [0.3, 0.4) is 0 Å². The lowest BCUT2D eigenvalue weighted by molar-refractivity contribution is 0.183. The van der Waals surface area contributed by atoms with E-state index >= 15 is 0 Å². The highest BCUT2D eigenvalue weighted by atomic mass is 16.5. The van der Waals surface area contributed by atoms with Gasteiger partial charge in [-0.3, -0.25) is 0 Å². The van der Waals surface area contributed by atoms with Crippen LogP contribution in [0.4, 0.5) is 5.69 Å². The first-order valence-corrected chi connectivity index (χ1v) is 6.38. The monoisotopic (exact) mass is 234 g/mol. The van der Waals surface area contributed by atoms with Gasteiger partial charge in [-0.25, -0.2) is 0 Å². The third-order valence-corrected chi connectivity index (χ3v) is 3.37. The van der Waals surface area contributed by atoms with Gasteiger partial charge in [-0.2, -0.15) is 0 Å². The van der Waals surface area contributed by atoms with E-state index in [1.165, 1.54) is 5.69 Å². The van der Waals surface area contributed by atoms with Gasteiger partial charge in [0.2, 0.25) is 0 Å². The predicted molar refractivity (Wildman–Crippen MR) is 71.5 cm³/mol. The average Bonchev–Trinajstić information content (AvgIpc) is 2.78. The normalized spacial score (nSPS) is 23.9. The SMILES string of the molecule is CCNC1COCC1CN(C)c1ccccc1. The van der Waals surface area contributed by atoms with Gasteiger partial charge in [0, 0.05) is 31.2 Å². The van der Waals surface area contributed by atoms with Crippen molar-refractivity contribution >= 4 is 5.69 Å². The molecule has 0 spiro atoms. The molecule has 0 amide bonds. The molecule has 1 N–H and O–H groups in total. The van der Waals surface area contributed by atoms with Crippen LogP contribution >= 0.6 is 0 Å². The number of likely N-dealkylation sites (N-methyl/N-ethyl adjacent to an activating group) is 1. The lowest BCUT2D eigenvalue weighted by Gasteiger charge is -2.26. The average molecular weight is 234 g/mol. The summed E-state index contributed by atoms with van der Waals surface area (Å²) < 4.78 is 5.57.